The Morgan fingerprint density at radius 3 is 3.00 bits per heavy atom. The Kier molecular flexibility index (Phi) is 3.66. The summed E-state index contributed by atoms with van der Waals surface area (Å²) in [6.07, 6.45) is 4.81. The molecule has 0 saturated carbocycles. The van der Waals surface area contributed by atoms with Crippen molar-refractivity contribution in [2.75, 3.05) is 5.75 Å². The van der Waals surface area contributed by atoms with Gasteiger partial charge in [0.1, 0.15) is 11.4 Å². The predicted octanol–water partition coefficient (Wildman–Crippen LogP) is 1.72. The lowest BCUT2D eigenvalue weighted by Crippen LogP contribution is -1.98. The van der Waals surface area contributed by atoms with E-state index in [1.54, 1.807) is 18.5 Å². The normalized spacial score (nSPS) is 10.1. The van der Waals surface area contributed by atoms with Crippen molar-refractivity contribution >= 4 is 17.7 Å². The van der Waals surface area contributed by atoms with E-state index in [1.165, 1.54) is 18.1 Å². The number of carboxylic acids is 1. The molecule has 0 unspecified atom stereocenters. The number of nitrogens with zero attached hydrogens (tertiary/aromatic N) is 3. The molecule has 0 aliphatic heterocycles. The largest absolute Gasteiger partial charge is 0.481 e. The van der Waals surface area contributed by atoms with Gasteiger partial charge in [0.2, 0.25) is 0 Å². The average molecular weight is 247 g/mol. The van der Waals surface area contributed by atoms with E-state index in [-0.39, 0.29) is 5.75 Å². The molecule has 17 heavy (non-hydrogen) atoms. The van der Waals surface area contributed by atoms with Crippen molar-refractivity contribution in [3.8, 4) is 11.3 Å². The molecule has 2 aromatic rings. The second-order valence-corrected chi connectivity index (χ2v) is 4.16. The second kappa shape index (κ2) is 5.40. The first-order valence-electron chi connectivity index (χ1n) is 4.83. The molecule has 1 N–H and O–H groups in total. The zero-order chi connectivity index (χ0) is 12.1. The van der Waals surface area contributed by atoms with Gasteiger partial charge in [-0.1, -0.05) is 11.8 Å². The van der Waals surface area contributed by atoms with Crippen LogP contribution in [0, 0.1) is 0 Å². The Balaban J connectivity index is 2.20. The lowest BCUT2D eigenvalue weighted by molar-refractivity contribution is -0.133. The molecule has 6 heteroatoms. The highest BCUT2D eigenvalue weighted by molar-refractivity contribution is 7.99. The third kappa shape index (κ3) is 3.25. The van der Waals surface area contributed by atoms with Crippen molar-refractivity contribution in [3.05, 3.63) is 36.9 Å². The standard InChI is InChI=1S/C11H9N3O2S/c15-11(16)6-17-10-4-9(13-7-14-10)8-2-1-3-12-5-8/h1-5,7H,6H2,(H,15,16). The summed E-state index contributed by atoms with van der Waals surface area (Å²) >= 11 is 1.17. The van der Waals surface area contributed by atoms with Gasteiger partial charge in [-0.05, 0) is 18.2 Å². The molecular weight excluding hydrogens is 238 g/mol. The Bertz CT molecular complexity index is 519. The van der Waals surface area contributed by atoms with Crippen LogP contribution in [0.15, 0.2) is 41.9 Å². The molecule has 0 amide bonds. The first-order chi connectivity index (χ1) is 8.25. The summed E-state index contributed by atoms with van der Waals surface area (Å²) in [6, 6.07) is 5.47. The summed E-state index contributed by atoms with van der Waals surface area (Å²) in [6.45, 7) is 0. The highest BCUT2D eigenvalue weighted by Gasteiger charge is 2.04. The van der Waals surface area contributed by atoms with Crippen LogP contribution in [0.1, 0.15) is 0 Å². The number of thioether (sulfide) groups is 1. The summed E-state index contributed by atoms with van der Waals surface area (Å²) in [5, 5.41) is 9.23. The molecule has 0 aliphatic carbocycles. The van der Waals surface area contributed by atoms with E-state index in [1.807, 2.05) is 12.1 Å². The fourth-order valence-electron chi connectivity index (χ4n) is 1.23. The summed E-state index contributed by atoms with van der Waals surface area (Å²) in [4.78, 5) is 22.6. The van der Waals surface area contributed by atoms with Gasteiger partial charge in [0.15, 0.2) is 0 Å². The molecule has 2 heterocycles. The number of carbonyl (C=O) groups is 1. The molecule has 0 aliphatic rings. The van der Waals surface area contributed by atoms with Crippen molar-refractivity contribution in [1.29, 1.82) is 0 Å². The Hall–Kier alpha value is -1.95. The van der Waals surface area contributed by atoms with Gasteiger partial charge in [-0.15, -0.1) is 0 Å². The summed E-state index contributed by atoms with van der Waals surface area (Å²) in [5.74, 6) is -0.875. The molecule has 86 valence electrons. The fourth-order valence-corrected chi connectivity index (χ4v) is 1.81. The molecule has 0 saturated heterocycles. The Morgan fingerprint density at radius 1 is 1.41 bits per heavy atom. The van der Waals surface area contributed by atoms with Gasteiger partial charge in [0, 0.05) is 18.0 Å². The van der Waals surface area contributed by atoms with Crippen LogP contribution in [0.5, 0.6) is 0 Å². The maximum absolute atomic E-state index is 10.5. The maximum Gasteiger partial charge on any atom is 0.313 e. The number of pyridine rings is 1. The molecule has 0 fully saturated rings. The van der Waals surface area contributed by atoms with Gasteiger partial charge in [-0.25, -0.2) is 9.97 Å². The highest BCUT2D eigenvalue weighted by atomic mass is 32.2. The molecular formula is C11H9N3O2S. The first kappa shape index (κ1) is 11.5. The molecule has 2 aromatic heterocycles. The van der Waals surface area contributed by atoms with Gasteiger partial charge in [0.05, 0.1) is 11.4 Å². The van der Waals surface area contributed by atoms with Crippen LogP contribution in [-0.4, -0.2) is 31.8 Å². The van der Waals surface area contributed by atoms with Gasteiger partial charge >= 0.3 is 5.97 Å². The average Bonchev–Trinajstić information content (AvgIpc) is 2.38. The van der Waals surface area contributed by atoms with E-state index in [4.69, 9.17) is 5.11 Å². The summed E-state index contributed by atoms with van der Waals surface area (Å²) in [7, 11) is 0. The van der Waals surface area contributed by atoms with E-state index in [0.717, 1.165) is 11.3 Å². The minimum Gasteiger partial charge on any atom is -0.481 e. The molecule has 2 rings (SSSR count). The van der Waals surface area contributed by atoms with Crippen LogP contribution in [0.25, 0.3) is 11.3 Å². The third-order valence-electron chi connectivity index (χ3n) is 1.94. The molecule has 0 bridgehead atoms. The van der Waals surface area contributed by atoms with Crippen molar-refractivity contribution < 1.29 is 9.90 Å². The molecule has 5 nitrogen and oxygen atoms in total. The fraction of sp³-hybridized carbons (Fsp3) is 0.0909. The molecule has 0 atom stereocenters. The monoisotopic (exact) mass is 247 g/mol. The van der Waals surface area contributed by atoms with Crippen LogP contribution in [0.4, 0.5) is 0 Å². The van der Waals surface area contributed by atoms with E-state index >= 15 is 0 Å². The van der Waals surface area contributed by atoms with E-state index in [0.29, 0.717) is 5.03 Å². The first-order valence-corrected chi connectivity index (χ1v) is 5.81. The zero-order valence-electron chi connectivity index (χ0n) is 8.78. The van der Waals surface area contributed by atoms with Gasteiger partial charge in [-0.3, -0.25) is 9.78 Å². The van der Waals surface area contributed by atoms with E-state index in [2.05, 4.69) is 15.0 Å². The minimum absolute atomic E-state index is 0.0104. The number of hydrogen-bond donors (Lipinski definition) is 1. The summed E-state index contributed by atoms with van der Waals surface area (Å²) in [5.41, 5.74) is 1.62. The van der Waals surface area contributed by atoms with Crippen LogP contribution in [0.3, 0.4) is 0 Å². The number of hydrogen-bond acceptors (Lipinski definition) is 5. The van der Waals surface area contributed by atoms with E-state index in [9.17, 15) is 4.79 Å². The van der Waals surface area contributed by atoms with Gasteiger partial charge in [-0.2, -0.15) is 0 Å². The Morgan fingerprint density at radius 2 is 2.29 bits per heavy atom. The quantitative estimate of drug-likeness (QED) is 0.654. The number of carboxylic acid groups (broad SMARTS) is 1. The smallest absolute Gasteiger partial charge is 0.313 e. The van der Waals surface area contributed by atoms with Gasteiger partial charge < -0.3 is 5.11 Å². The molecule has 0 aromatic carbocycles. The van der Waals surface area contributed by atoms with Crippen molar-refractivity contribution in [2.45, 2.75) is 5.03 Å². The topological polar surface area (TPSA) is 76.0 Å². The van der Waals surface area contributed by atoms with Crippen LogP contribution >= 0.6 is 11.8 Å². The zero-order valence-corrected chi connectivity index (χ0v) is 9.59. The predicted molar refractivity (Wildman–Crippen MR) is 63.6 cm³/mol. The van der Waals surface area contributed by atoms with Crippen molar-refractivity contribution in [2.24, 2.45) is 0 Å². The summed E-state index contributed by atoms with van der Waals surface area (Å²) < 4.78 is 0. The lowest BCUT2D eigenvalue weighted by atomic mass is 10.2. The van der Waals surface area contributed by atoms with Crippen molar-refractivity contribution in [3.63, 3.8) is 0 Å². The number of rotatable bonds is 4. The van der Waals surface area contributed by atoms with Crippen LogP contribution in [-0.2, 0) is 4.79 Å². The van der Waals surface area contributed by atoms with E-state index < -0.39 is 5.97 Å². The Labute approximate surface area is 102 Å². The molecule has 0 radical (unpaired) electrons. The van der Waals surface area contributed by atoms with Gasteiger partial charge in [0.25, 0.3) is 0 Å². The minimum atomic E-state index is -0.864. The number of aromatic nitrogens is 3. The lowest BCUT2D eigenvalue weighted by Gasteiger charge is -2.01. The third-order valence-corrected chi connectivity index (χ3v) is 2.85. The van der Waals surface area contributed by atoms with Crippen molar-refractivity contribution in [1.82, 2.24) is 15.0 Å². The SMILES string of the molecule is O=C(O)CSc1cc(-c2cccnc2)ncn1. The maximum atomic E-state index is 10.5. The second-order valence-electron chi connectivity index (χ2n) is 3.17. The molecule has 0 spiro atoms. The van der Waals surface area contributed by atoms with Crippen LogP contribution in [0.2, 0.25) is 0 Å². The highest BCUT2D eigenvalue weighted by Crippen LogP contribution is 2.20. The van der Waals surface area contributed by atoms with Crippen LogP contribution < -0.4 is 0 Å². The number of aliphatic carboxylic acids is 1.